The second-order valence-electron chi connectivity index (χ2n) is 4.71. The number of nitrogens with one attached hydrogen (secondary N) is 1. The van der Waals surface area contributed by atoms with Crippen molar-refractivity contribution in [3.05, 3.63) is 41.1 Å². The summed E-state index contributed by atoms with van der Waals surface area (Å²) >= 11 is 0. The number of benzene rings is 1. The minimum atomic E-state index is 0.797. The quantitative estimate of drug-likeness (QED) is 0.904. The maximum absolute atomic E-state index is 4.67. The molecule has 2 rings (SSSR count). The number of hydrogen-bond acceptors (Lipinski definition) is 3. The van der Waals surface area contributed by atoms with E-state index in [-0.39, 0.29) is 0 Å². The van der Waals surface area contributed by atoms with E-state index in [1.54, 1.807) is 0 Å². The Morgan fingerprint density at radius 2 is 1.68 bits per heavy atom. The van der Waals surface area contributed by atoms with E-state index >= 15 is 0 Å². The predicted octanol–water partition coefficient (Wildman–Crippen LogP) is 3.75. The van der Waals surface area contributed by atoms with Gasteiger partial charge < -0.3 is 5.32 Å². The molecule has 1 aromatic heterocycles. The molecule has 1 N–H and O–H groups in total. The maximum Gasteiger partial charge on any atom is 0.161 e. The lowest BCUT2D eigenvalue weighted by Crippen LogP contribution is -2.07. The van der Waals surface area contributed by atoms with E-state index in [4.69, 9.17) is 0 Å². The van der Waals surface area contributed by atoms with Gasteiger partial charge in [0.1, 0.15) is 5.82 Å². The van der Waals surface area contributed by atoms with Crippen LogP contribution >= 0.6 is 0 Å². The molecule has 0 fully saturated rings. The molecular formula is C16H21N3. The fourth-order valence-electron chi connectivity index (χ4n) is 2.16. The third-order valence-electron chi connectivity index (χ3n) is 3.22. The smallest absolute Gasteiger partial charge is 0.161 e. The topological polar surface area (TPSA) is 37.8 Å². The van der Waals surface area contributed by atoms with E-state index in [1.807, 2.05) is 0 Å². The minimum Gasteiger partial charge on any atom is -0.370 e. The number of nitrogens with zero attached hydrogens (tertiary/aromatic N) is 2. The Hall–Kier alpha value is -1.90. The van der Waals surface area contributed by atoms with Crippen LogP contribution in [0.2, 0.25) is 0 Å². The summed E-state index contributed by atoms with van der Waals surface area (Å²) in [5.41, 5.74) is 4.58. The molecule has 0 saturated heterocycles. The van der Waals surface area contributed by atoms with Crippen molar-refractivity contribution >= 4 is 5.82 Å². The van der Waals surface area contributed by atoms with Crippen LogP contribution in [0.25, 0.3) is 11.4 Å². The van der Waals surface area contributed by atoms with Crippen LogP contribution in [0.4, 0.5) is 5.82 Å². The molecular weight excluding hydrogens is 234 g/mol. The zero-order chi connectivity index (χ0) is 13.8. The summed E-state index contributed by atoms with van der Waals surface area (Å²) in [4.78, 5) is 9.31. The zero-order valence-corrected chi connectivity index (χ0v) is 12.1. The molecule has 0 aliphatic rings. The van der Waals surface area contributed by atoms with E-state index in [9.17, 15) is 0 Å². The highest BCUT2D eigenvalue weighted by Gasteiger charge is 2.10. The van der Waals surface area contributed by atoms with E-state index in [0.29, 0.717) is 0 Å². The molecule has 0 atom stereocenters. The Morgan fingerprint density at radius 3 is 2.26 bits per heavy atom. The first kappa shape index (κ1) is 13.5. The van der Waals surface area contributed by atoms with E-state index < -0.39 is 0 Å². The van der Waals surface area contributed by atoms with Crippen molar-refractivity contribution in [2.75, 3.05) is 11.9 Å². The molecule has 3 nitrogen and oxygen atoms in total. The van der Waals surface area contributed by atoms with Crippen LogP contribution in [0, 0.1) is 13.8 Å². The largest absolute Gasteiger partial charge is 0.370 e. The highest BCUT2D eigenvalue weighted by Crippen LogP contribution is 2.22. The molecule has 19 heavy (non-hydrogen) atoms. The fraction of sp³-hybridized carbons (Fsp3) is 0.375. The highest BCUT2D eigenvalue weighted by atomic mass is 15.0. The van der Waals surface area contributed by atoms with Gasteiger partial charge in [0, 0.05) is 23.4 Å². The Kier molecular flexibility index (Phi) is 4.15. The first-order valence-electron chi connectivity index (χ1n) is 6.84. The molecule has 0 spiro atoms. The highest BCUT2D eigenvalue weighted by molar-refractivity contribution is 5.60. The molecule has 0 saturated carbocycles. The zero-order valence-electron chi connectivity index (χ0n) is 12.1. The number of rotatable bonds is 4. The summed E-state index contributed by atoms with van der Waals surface area (Å²) in [6.07, 6.45) is 0.947. The van der Waals surface area contributed by atoms with Gasteiger partial charge in [0.05, 0.1) is 0 Å². The molecule has 0 bridgehead atoms. The first-order chi connectivity index (χ1) is 9.15. The van der Waals surface area contributed by atoms with Crippen molar-refractivity contribution in [2.45, 2.75) is 34.1 Å². The molecule has 1 heterocycles. The number of anilines is 1. The third-order valence-corrected chi connectivity index (χ3v) is 3.22. The van der Waals surface area contributed by atoms with Crippen molar-refractivity contribution in [3.8, 4) is 11.4 Å². The van der Waals surface area contributed by atoms with Crippen LogP contribution in [0.15, 0.2) is 24.3 Å². The van der Waals surface area contributed by atoms with Gasteiger partial charge in [-0.15, -0.1) is 0 Å². The molecule has 2 aromatic rings. The van der Waals surface area contributed by atoms with Crippen LogP contribution < -0.4 is 5.32 Å². The summed E-state index contributed by atoms with van der Waals surface area (Å²) in [6, 6.07) is 8.33. The molecule has 3 heteroatoms. The number of aryl methyl sites for hydroxylation is 2. The Morgan fingerprint density at radius 1 is 1.00 bits per heavy atom. The molecule has 0 unspecified atom stereocenters. The summed E-state index contributed by atoms with van der Waals surface area (Å²) in [6.45, 7) is 9.23. The summed E-state index contributed by atoms with van der Waals surface area (Å²) < 4.78 is 0. The Bertz CT molecular complexity index is 559. The molecule has 0 aliphatic carbocycles. The minimum absolute atomic E-state index is 0.797. The Labute approximate surface area is 115 Å². The van der Waals surface area contributed by atoms with Crippen molar-refractivity contribution in [1.82, 2.24) is 9.97 Å². The van der Waals surface area contributed by atoms with Crippen LogP contribution in [-0.2, 0) is 6.42 Å². The predicted molar refractivity (Wildman–Crippen MR) is 80.5 cm³/mol. The van der Waals surface area contributed by atoms with Crippen LogP contribution in [0.3, 0.4) is 0 Å². The molecule has 100 valence electrons. The van der Waals surface area contributed by atoms with Gasteiger partial charge in [0.25, 0.3) is 0 Å². The average Bonchev–Trinajstić information content (AvgIpc) is 2.39. The Balaban J connectivity index is 2.49. The molecule has 0 aliphatic heterocycles. The number of hydrogen-bond donors (Lipinski definition) is 1. The fourth-order valence-corrected chi connectivity index (χ4v) is 2.16. The van der Waals surface area contributed by atoms with Gasteiger partial charge in [-0.05, 0) is 27.2 Å². The van der Waals surface area contributed by atoms with Gasteiger partial charge in [-0.1, -0.05) is 36.8 Å². The normalized spacial score (nSPS) is 10.5. The van der Waals surface area contributed by atoms with Gasteiger partial charge in [-0.25, -0.2) is 9.97 Å². The summed E-state index contributed by atoms with van der Waals surface area (Å²) in [7, 11) is 0. The van der Waals surface area contributed by atoms with Crippen molar-refractivity contribution < 1.29 is 0 Å². The third kappa shape index (κ3) is 2.92. The van der Waals surface area contributed by atoms with Crippen LogP contribution in [0.5, 0.6) is 0 Å². The molecule has 0 radical (unpaired) electrons. The van der Waals surface area contributed by atoms with Gasteiger partial charge in [0.2, 0.25) is 0 Å². The second kappa shape index (κ2) is 5.83. The van der Waals surface area contributed by atoms with Gasteiger partial charge >= 0.3 is 0 Å². The summed E-state index contributed by atoms with van der Waals surface area (Å²) in [5.74, 6) is 1.76. The monoisotopic (exact) mass is 255 g/mol. The van der Waals surface area contributed by atoms with Crippen LogP contribution in [-0.4, -0.2) is 16.5 Å². The lowest BCUT2D eigenvalue weighted by atomic mass is 10.1. The van der Waals surface area contributed by atoms with Crippen LogP contribution in [0.1, 0.15) is 30.7 Å². The molecule has 1 aromatic carbocycles. The van der Waals surface area contributed by atoms with Gasteiger partial charge in [-0.3, -0.25) is 0 Å². The van der Waals surface area contributed by atoms with E-state index in [0.717, 1.165) is 35.9 Å². The lowest BCUT2D eigenvalue weighted by Gasteiger charge is -2.13. The summed E-state index contributed by atoms with van der Waals surface area (Å²) in [5, 5.41) is 3.34. The standard InChI is InChI=1S/C16H21N3/c1-5-14-12(4)18-15(19-16(14)17-6-2)13-9-7-11(3)8-10-13/h7-10H,5-6H2,1-4H3,(H,17,18,19). The average molecular weight is 255 g/mol. The molecule has 0 amide bonds. The first-order valence-corrected chi connectivity index (χ1v) is 6.84. The van der Waals surface area contributed by atoms with Crippen molar-refractivity contribution in [3.63, 3.8) is 0 Å². The SMILES string of the molecule is CCNc1nc(-c2ccc(C)cc2)nc(C)c1CC. The van der Waals surface area contributed by atoms with Crippen molar-refractivity contribution in [1.29, 1.82) is 0 Å². The maximum atomic E-state index is 4.67. The number of aromatic nitrogens is 2. The van der Waals surface area contributed by atoms with Gasteiger partial charge in [-0.2, -0.15) is 0 Å². The van der Waals surface area contributed by atoms with Gasteiger partial charge in [0.15, 0.2) is 5.82 Å². The lowest BCUT2D eigenvalue weighted by molar-refractivity contribution is 0.989. The van der Waals surface area contributed by atoms with Crippen molar-refractivity contribution in [2.24, 2.45) is 0 Å². The van der Waals surface area contributed by atoms with E-state index in [2.05, 4.69) is 67.2 Å². The van der Waals surface area contributed by atoms with E-state index in [1.165, 1.54) is 11.1 Å². The second-order valence-corrected chi connectivity index (χ2v) is 4.71.